The molecule has 0 spiro atoms. The van der Waals surface area contributed by atoms with Gasteiger partial charge in [-0.25, -0.2) is 0 Å². The van der Waals surface area contributed by atoms with Gasteiger partial charge in [0.15, 0.2) is 0 Å². The smallest absolute Gasteiger partial charge is 0.241 e. The molecule has 1 atom stereocenters. The maximum Gasteiger partial charge on any atom is 0.241 e. The molecule has 1 unspecified atom stereocenters. The van der Waals surface area contributed by atoms with Crippen LogP contribution in [-0.4, -0.2) is 43.7 Å². The number of methoxy groups -OCH3 is 1. The Kier molecular flexibility index (Phi) is 5.56. The molecule has 4 heteroatoms. The summed E-state index contributed by atoms with van der Waals surface area (Å²) in [5.74, 6) is 0.685. The number of ether oxygens (including phenoxy) is 1. The molecule has 1 aromatic carbocycles. The van der Waals surface area contributed by atoms with Crippen LogP contribution in [0.15, 0.2) is 30.3 Å². The molecule has 0 bridgehead atoms. The molecule has 1 amide bonds. The third-order valence-electron chi connectivity index (χ3n) is 3.96. The average molecular weight is 276 g/mol. The fourth-order valence-corrected chi connectivity index (χ4v) is 2.79. The Bertz CT molecular complexity index is 414. The highest BCUT2D eigenvalue weighted by Crippen LogP contribution is 2.21. The van der Waals surface area contributed by atoms with Crippen molar-refractivity contribution >= 4 is 5.91 Å². The monoisotopic (exact) mass is 276 g/mol. The molecule has 1 heterocycles. The van der Waals surface area contributed by atoms with Crippen LogP contribution in [0.2, 0.25) is 0 Å². The van der Waals surface area contributed by atoms with Crippen LogP contribution >= 0.6 is 0 Å². The van der Waals surface area contributed by atoms with Gasteiger partial charge >= 0.3 is 0 Å². The van der Waals surface area contributed by atoms with E-state index in [1.165, 1.54) is 5.56 Å². The van der Waals surface area contributed by atoms with Gasteiger partial charge in [-0.05, 0) is 30.7 Å². The van der Waals surface area contributed by atoms with Crippen molar-refractivity contribution in [2.24, 2.45) is 11.7 Å². The van der Waals surface area contributed by atoms with E-state index in [-0.39, 0.29) is 5.91 Å². The SMILES string of the molecule is COCC(N)C(=O)N1CCC(Cc2ccccc2)CC1. The van der Waals surface area contributed by atoms with E-state index < -0.39 is 6.04 Å². The van der Waals surface area contributed by atoms with Gasteiger partial charge < -0.3 is 15.4 Å². The number of nitrogens with zero attached hydrogens (tertiary/aromatic N) is 1. The Labute approximate surface area is 120 Å². The normalized spacial score (nSPS) is 18.0. The minimum atomic E-state index is -0.523. The van der Waals surface area contributed by atoms with Gasteiger partial charge in [0.25, 0.3) is 0 Å². The van der Waals surface area contributed by atoms with Gasteiger partial charge in [0.05, 0.1) is 6.61 Å². The first-order valence-corrected chi connectivity index (χ1v) is 7.28. The number of nitrogens with two attached hydrogens (primary N) is 1. The summed E-state index contributed by atoms with van der Waals surface area (Å²) in [4.78, 5) is 14.0. The number of carbonyl (C=O) groups excluding carboxylic acids is 1. The first-order valence-electron chi connectivity index (χ1n) is 7.28. The van der Waals surface area contributed by atoms with Gasteiger partial charge in [-0.2, -0.15) is 0 Å². The topological polar surface area (TPSA) is 55.6 Å². The summed E-state index contributed by atoms with van der Waals surface area (Å²) in [5.41, 5.74) is 7.18. The highest BCUT2D eigenvalue weighted by atomic mass is 16.5. The molecule has 0 aromatic heterocycles. The molecule has 1 aliphatic rings. The molecule has 1 aromatic rings. The standard InChI is InChI=1S/C16H24N2O2/c1-20-12-15(17)16(19)18-9-7-14(8-10-18)11-13-5-3-2-4-6-13/h2-6,14-15H,7-12,17H2,1H3. The Morgan fingerprint density at radius 2 is 2.00 bits per heavy atom. The molecule has 0 saturated carbocycles. The molecule has 2 rings (SSSR count). The summed E-state index contributed by atoms with van der Waals surface area (Å²) in [6, 6.07) is 10.0. The Hall–Kier alpha value is -1.39. The zero-order chi connectivity index (χ0) is 14.4. The molecule has 0 aliphatic carbocycles. The van der Waals surface area contributed by atoms with Gasteiger partial charge in [0.2, 0.25) is 5.91 Å². The van der Waals surface area contributed by atoms with E-state index in [4.69, 9.17) is 10.5 Å². The van der Waals surface area contributed by atoms with Gasteiger partial charge in [-0.15, -0.1) is 0 Å². The van der Waals surface area contributed by atoms with Crippen molar-refractivity contribution < 1.29 is 9.53 Å². The van der Waals surface area contributed by atoms with Crippen molar-refractivity contribution in [1.82, 2.24) is 4.90 Å². The van der Waals surface area contributed by atoms with Crippen molar-refractivity contribution in [3.63, 3.8) is 0 Å². The van der Waals surface area contributed by atoms with Crippen LogP contribution in [-0.2, 0) is 16.0 Å². The largest absolute Gasteiger partial charge is 0.383 e. The van der Waals surface area contributed by atoms with Crippen molar-refractivity contribution in [3.8, 4) is 0 Å². The van der Waals surface area contributed by atoms with E-state index >= 15 is 0 Å². The minimum absolute atomic E-state index is 0.0185. The van der Waals surface area contributed by atoms with Crippen LogP contribution < -0.4 is 5.73 Å². The van der Waals surface area contributed by atoms with Crippen LogP contribution in [0.4, 0.5) is 0 Å². The molecule has 2 N–H and O–H groups in total. The number of hydrogen-bond donors (Lipinski definition) is 1. The molecule has 4 nitrogen and oxygen atoms in total. The maximum atomic E-state index is 12.1. The molecule has 1 saturated heterocycles. The lowest BCUT2D eigenvalue weighted by atomic mass is 9.90. The average Bonchev–Trinajstić information content (AvgIpc) is 2.48. The second-order valence-corrected chi connectivity index (χ2v) is 5.52. The van der Waals surface area contributed by atoms with E-state index in [1.54, 1.807) is 7.11 Å². The summed E-state index contributed by atoms with van der Waals surface area (Å²) < 4.78 is 4.94. The van der Waals surface area contributed by atoms with Gasteiger partial charge in [-0.3, -0.25) is 4.79 Å². The Balaban J connectivity index is 1.79. The fourth-order valence-electron chi connectivity index (χ4n) is 2.79. The zero-order valence-electron chi connectivity index (χ0n) is 12.1. The molecule has 110 valence electrons. The van der Waals surface area contributed by atoms with E-state index in [0.29, 0.717) is 12.5 Å². The predicted molar refractivity (Wildman–Crippen MR) is 79.3 cm³/mol. The van der Waals surface area contributed by atoms with Crippen molar-refractivity contribution in [2.45, 2.75) is 25.3 Å². The predicted octanol–water partition coefficient (Wildman–Crippen LogP) is 1.44. The number of hydrogen-bond acceptors (Lipinski definition) is 3. The highest BCUT2D eigenvalue weighted by Gasteiger charge is 2.26. The lowest BCUT2D eigenvalue weighted by Crippen LogP contribution is -2.49. The van der Waals surface area contributed by atoms with E-state index in [9.17, 15) is 4.79 Å². The molecule has 20 heavy (non-hydrogen) atoms. The number of rotatable bonds is 5. The molecule has 1 aliphatic heterocycles. The van der Waals surface area contributed by atoms with Crippen molar-refractivity contribution in [2.75, 3.05) is 26.8 Å². The lowest BCUT2D eigenvalue weighted by molar-refractivity contribution is -0.135. The summed E-state index contributed by atoms with van der Waals surface area (Å²) in [5, 5.41) is 0. The number of carbonyl (C=O) groups is 1. The Morgan fingerprint density at radius 3 is 2.60 bits per heavy atom. The van der Waals surface area contributed by atoms with E-state index in [0.717, 1.165) is 32.4 Å². The number of benzene rings is 1. The molecule has 1 fully saturated rings. The third kappa shape index (κ3) is 4.05. The number of piperidine rings is 1. The molecule has 0 radical (unpaired) electrons. The van der Waals surface area contributed by atoms with Gasteiger partial charge in [-0.1, -0.05) is 30.3 Å². The van der Waals surface area contributed by atoms with Crippen LogP contribution in [0.5, 0.6) is 0 Å². The zero-order valence-corrected chi connectivity index (χ0v) is 12.1. The van der Waals surface area contributed by atoms with Crippen LogP contribution in [0.25, 0.3) is 0 Å². The van der Waals surface area contributed by atoms with Crippen LogP contribution in [0.1, 0.15) is 18.4 Å². The highest BCUT2D eigenvalue weighted by molar-refractivity contribution is 5.81. The maximum absolute atomic E-state index is 12.1. The lowest BCUT2D eigenvalue weighted by Gasteiger charge is -2.33. The number of likely N-dealkylation sites (tertiary alicyclic amines) is 1. The van der Waals surface area contributed by atoms with Gasteiger partial charge in [0.1, 0.15) is 6.04 Å². The molecular weight excluding hydrogens is 252 g/mol. The van der Waals surface area contributed by atoms with Gasteiger partial charge in [0, 0.05) is 20.2 Å². The second-order valence-electron chi connectivity index (χ2n) is 5.52. The van der Waals surface area contributed by atoms with E-state index in [1.807, 2.05) is 11.0 Å². The number of amides is 1. The first-order chi connectivity index (χ1) is 9.70. The summed E-state index contributed by atoms with van der Waals surface area (Å²) in [6.45, 7) is 1.92. The fraction of sp³-hybridized carbons (Fsp3) is 0.562. The second kappa shape index (κ2) is 7.41. The molecular formula is C16H24N2O2. The summed E-state index contributed by atoms with van der Waals surface area (Å²) in [6.07, 6.45) is 3.22. The quantitative estimate of drug-likeness (QED) is 0.885. The van der Waals surface area contributed by atoms with Crippen LogP contribution in [0, 0.1) is 5.92 Å². The van der Waals surface area contributed by atoms with Crippen molar-refractivity contribution in [1.29, 1.82) is 0 Å². The third-order valence-corrected chi connectivity index (χ3v) is 3.96. The summed E-state index contributed by atoms with van der Waals surface area (Å²) in [7, 11) is 1.57. The summed E-state index contributed by atoms with van der Waals surface area (Å²) >= 11 is 0. The van der Waals surface area contributed by atoms with Crippen LogP contribution in [0.3, 0.4) is 0 Å². The van der Waals surface area contributed by atoms with Crippen molar-refractivity contribution in [3.05, 3.63) is 35.9 Å². The van der Waals surface area contributed by atoms with E-state index in [2.05, 4.69) is 24.3 Å². The minimum Gasteiger partial charge on any atom is -0.383 e. The first kappa shape index (κ1) is 15.0. The Morgan fingerprint density at radius 1 is 1.35 bits per heavy atom.